The van der Waals surface area contributed by atoms with Crippen molar-refractivity contribution in [2.75, 3.05) is 0 Å². The lowest BCUT2D eigenvalue weighted by Gasteiger charge is -2.28. The van der Waals surface area contributed by atoms with Crippen molar-refractivity contribution in [2.24, 2.45) is 11.8 Å². The summed E-state index contributed by atoms with van der Waals surface area (Å²) in [6.45, 7) is 4.68. The van der Waals surface area contributed by atoms with Crippen LogP contribution in [0.15, 0.2) is 42.5 Å². The molecule has 2 aromatic carbocycles. The first-order valence-electron chi connectivity index (χ1n) is 13.4. The molecule has 0 amide bonds. The average Bonchev–Trinajstić information content (AvgIpc) is 2.83. The number of hydrogen-bond acceptors (Lipinski definition) is 1. The Hall–Kier alpha value is -1.76. The second-order valence-electron chi connectivity index (χ2n) is 11.3. The lowest BCUT2D eigenvalue weighted by atomic mass is 9.76. The van der Waals surface area contributed by atoms with Gasteiger partial charge in [0.2, 0.25) is 0 Å². The molecule has 2 aliphatic carbocycles. The first-order valence-corrected chi connectivity index (χ1v) is 13.4. The molecule has 0 unspecified atom stereocenters. The van der Waals surface area contributed by atoms with Gasteiger partial charge in [0.05, 0.1) is 0 Å². The summed E-state index contributed by atoms with van der Waals surface area (Å²) in [7, 11) is 0. The van der Waals surface area contributed by atoms with Gasteiger partial charge in [0.25, 0.3) is 0 Å². The van der Waals surface area contributed by atoms with E-state index in [2.05, 4.69) is 50.2 Å². The van der Waals surface area contributed by atoms with E-state index in [1.54, 1.807) is 0 Å². The molecule has 0 bridgehead atoms. The van der Waals surface area contributed by atoms with Crippen LogP contribution in [0.1, 0.15) is 113 Å². The normalized spacial score (nSPS) is 18.7. The summed E-state index contributed by atoms with van der Waals surface area (Å²) in [5.41, 5.74) is 5.27. The van der Waals surface area contributed by atoms with Crippen LogP contribution in [-0.2, 0) is 18.3 Å². The van der Waals surface area contributed by atoms with Gasteiger partial charge in [-0.25, -0.2) is 0 Å². The molecule has 4 rings (SSSR count). The van der Waals surface area contributed by atoms with Crippen LogP contribution >= 0.6 is 0 Å². The van der Waals surface area contributed by atoms with E-state index in [0.717, 1.165) is 23.8 Å². The van der Waals surface area contributed by atoms with Gasteiger partial charge >= 0.3 is 0 Å². The quantitative estimate of drug-likeness (QED) is 0.442. The smallest absolute Gasteiger partial charge is 0.118 e. The highest BCUT2D eigenvalue weighted by Crippen LogP contribution is 2.36. The largest absolute Gasteiger partial charge is 0.508 e. The number of rotatable bonds is 8. The molecule has 1 nitrogen and oxygen atoms in total. The molecule has 0 heterocycles. The second-order valence-corrected chi connectivity index (χ2v) is 11.3. The molecule has 174 valence electrons. The van der Waals surface area contributed by atoms with Crippen LogP contribution in [-0.4, -0.2) is 5.11 Å². The van der Waals surface area contributed by atoms with Crippen molar-refractivity contribution in [2.45, 2.75) is 109 Å². The number of aryl methyl sites for hydroxylation is 2. The van der Waals surface area contributed by atoms with E-state index in [9.17, 15) is 5.11 Å². The fourth-order valence-electron chi connectivity index (χ4n) is 6.14. The summed E-state index contributed by atoms with van der Waals surface area (Å²) in [6, 6.07) is 15.6. The molecule has 2 aliphatic rings. The van der Waals surface area contributed by atoms with E-state index in [1.807, 2.05) is 6.07 Å². The van der Waals surface area contributed by atoms with E-state index < -0.39 is 0 Å². The van der Waals surface area contributed by atoms with Crippen LogP contribution in [0, 0.1) is 11.8 Å². The highest BCUT2D eigenvalue weighted by molar-refractivity contribution is 5.45. The van der Waals surface area contributed by atoms with Crippen molar-refractivity contribution in [3.63, 3.8) is 0 Å². The number of phenols is 1. The molecule has 2 aromatic rings. The standard InChI is InChI=1S/C31H44O/c1-31(2,28-15-9-14-26(22-28)17-16-24-10-5-3-6-11-24)29-20-21-30(32)27(23-29)19-18-25-12-7-4-8-13-25/h9,14-15,20-25,32H,3-8,10-13,16-19H2,1-2H3. The van der Waals surface area contributed by atoms with Gasteiger partial charge in [-0.1, -0.05) is 114 Å². The van der Waals surface area contributed by atoms with Crippen LogP contribution in [0.5, 0.6) is 5.75 Å². The van der Waals surface area contributed by atoms with Gasteiger partial charge < -0.3 is 5.11 Å². The Balaban J connectivity index is 1.44. The lowest BCUT2D eigenvalue weighted by Crippen LogP contribution is -2.19. The zero-order chi connectivity index (χ0) is 22.4. The summed E-state index contributed by atoms with van der Waals surface area (Å²) < 4.78 is 0. The van der Waals surface area contributed by atoms with Gasteiger partial charge in [0.1, 0.15) is 5.75 Å². The molecule has 1 N–H and O–H groups in total. The molecule has 0 aliphatic heterocycles. The summed E-state index contributed by atoms with van der Waals surface area (Å²) in [6.07, 6.45) is 18.9. The minimum Gasteiger partial charge on any atom is -0.508 e. The Kier molecular flexibility index (Phi) is 7.98. The van der Waals surface area contributed by atoms with E-state index in [0.29, 0.717) is 5.75 Å². The van der Waals surface area contributed by atoms with Crippen molar-refractivity contribution >= 4 is 0 Å². The van der Waals surface area contributed by atoms with Crippen molar-refractivity contribution in [3.05, 3.63) is 64.7 Å². The molecule has 1 heteroatoms. The van der Waals surface area contributed by atoms with Crippen LogP contribution in [0.4, 0.5) is 0 Å². The van der Waals surface area contributed by atoms with Gasteiger partial charge in [0, 0.05) is 5.41 Å². The number of hydrogen-bond donors (Lipinski definition) is 1. The molecule has 0 radical (unpaired) electrons. The summed E-state index contributed by atoms with van der Waals surface area (Å²) in [5.74, 6) is 2.26. The highest BCUT2D eigenvalue weighted by Gasteiger charge is 2.25. The minimum absolute atomic E-state index is 0.0614. The maximum Gasteiger partial charge on any atom is 0.118 e. The molecule has 32 heavy (non-hydrogen) atoms. The van der Waals surface area contributed by atoms with Crippen LogP contribution < -0.4 is 0 Å². The molecule has 0 saturated heterocycles. The van der Waals surface area contributed by atoms with Crippen LogP contribution in [0.3, 0.4) is 0 Å². The fraction of sp³-hybridized carbons (Fsp3) is 0.613. The molecular weight excluding hydrogens is 388 g/mol. The third kappa shape index (κ3) is 5.97. The van der Waals surface area contributed by atoms with Gasteiger partial charge in [-0.3, -0.25) is 0 Å². The maximum absolute atomic E-state index is 10.5. The molecule has 0 spiro atoms. The molecule has 0 atom stereocenters. The van der Waals surface area contributed by atoms with Crippen molar-refractivity contribution < 1.29 is 5.11 Å². The third-order valence-corrected chi connectivity index (χ3v) is 8.56. The van der Waals surface area contributed by atoms with Crippen molar-refractivity contribution in [1.82, 2.24) is 0 Å². The Morgan fingerprint density at radius 3 is 1.97 bits per heavy atom. The van der Waals surface area contributed by atoms with E-state index in [1.165, 1.54) is 100 Å². The van der Waals surface area contributed by atoms with E-state index in [-0.39, 0.29) is 5.41 Å². The first kappa shape index (κ1) is 23.4. The topological polar surface area (TPSA) is 20.2 Å². The van der Waals surface area contributed by atoms with Gasteiger partial charge in [0.15, 0.2) is 0 Å². The minimum atomic E-state index is -0.0614. The second kappa shape index (κ2) is 10.9. The van der Waals surface area contributed by atoms with Crippen molar-refractivity contribution in [1.29, 1.82) is 0 Å². The Morgan fingerprint density at radius 1 is 0.719 bits per heavy atom. The van der Waals surface area contributed by atoms with Gasteiger partial charge in [-0.05, 0) is 65.8 Å². The Labute approximate surface area is 196 Å². The van der Waals surface area contributed by atoms with Gasteiger partial charge in [-0.2, -0.15) is 0 Å². The molecular formula is C31H44O. The molecule has 2 saturated carbocycles. The SMILES string of the molecule is CC(C)(c1cccc(CCC2CCCCC2)c1)c1ccc(O)c(CCC2CCCCC2)c1. The first-order chi connectivity index (χ1) is 15.5. The maximum atomic E-state index is 10.5. The van der Waals surface area contributed by atoms with E-state index >= 15 is 0 Å². The number of phenolic OH excluding ortho intramolecular Hbond substituents is 1. The van der Waals surface area contributed by atoms with Crippen LogP contribution in [0.2, 0.25) is 0 Å². The summed E-state index contributed by atoms with van der Waals surface area (Å²) >= 11 is 0. The molecule has 2 fully saturated rings. The summed E-state index contributed by atoms with van der Waals surface area (Å²) in [5, 5.41) is 10.5. The van der Waals surface area contributed by atoms with Crippen molar-refractivity contribution in [3.8, 4) is 5.75 Å². The zero-order valence-electron chi connectivity index (χ0n) is 20.5. The summed E-state index contributed by atoms with van der Waals surface area (Å²) in [4.78, 5) is 0. The van der Waals surface area contributed by atoms with Crippen LogP contribution in [0.25, 0.3) is 0 Å². The molecule has 0 aromatic heterocycles. The Bertz CT molecular complexity index is 853. The zero-order valence-corrected chi connectivity index (χ0v) is 20.5. The predicted octanol–water partition coefficient (Wildman–Crippen LogP) is 8.74. The predicted molar refractivity (Wildman–Crippen MR) is 136 cm³/mol. The number of benzene rings is 2. The lowest BCUT2D eigenvalue weighted by molar-refractivity contribution is 0.337. The highest BCUT2D eigenvalue weighted by atomic mass is 16.3. The average molecular weight is 433 g/mol. The number of aromatic hydroxyl groups is 1. The third-order valence-electron chi connectivity index (χ3n) is 8.56. The fourth-order valence-corrected chi connectivity index (χ4v) is 6.14. The Morgan fingerprint density at radius 2 is 1.31 bits per heavy atom. The van der Waals surface area contributed by atoms with Gasteiger partial charge in [-0.15, -0.1) is 0 Å². The monoisotopic (exact) mass is 432 g/mol. The van der Waals surface area contributed by atoms with E-state index in [4.69, 9.17) is 0 Å².